The van der Waals surface area contributed by atoms with E-state index >= 15 is 0 Å². The number of aromatic nitrogens is 4. The fraction of sp³-hybridized carbons (Fsp3) is 0.222. The van der Waals surface area contributed by atoms with Crippen molar-refractivity contribution in [1.29, 1.82) is 0 Å². The Morgan fingerprint density at radius 1 is 1.27 bits per heavy atom. The Labute approximate surface area is 96.9 Å². The molecule has 0 N–H and O–H groups in total. The summed E-state index contributed by atoms with van der Waals surface area (Å²) in [6, 6.07) is 1.66. The molecule has 0 aliphatic rings. The molecule has 0 aliphatic heterocycles. The maximum absolute atomic E-state index is 5.80. The molecule has 78 valence electrons. The van der Waals surface area contributed by atoms with Gasteiger partial charge in [-0.05, 0) is 18.5 Å². The van der Waals surface area contributed by atoms with E-state index in [1.807, 2.05) is 20.2 Å². The van der Waals surface area contributed by atoms with Crippen molar-refractivity contribution in [3.63, 3.8) is 0 Å². The first kappa shape index (κ1) is 10.4. The molecule has 2 aromatic heterocycles. The monoisotopic (exact) mass is 242 g/mol. The van der Waals surface area contributed by atoms with Crippen molar-refractivity contribution in [1.82, 2.24) is 19.7 Å². The molecule has 0 aromatic carbocycles. The van der Waals surface area contributed by atoms with Gasteiger partial charge in [-0.1, -0.05) is 11.6 Å². The van der Waals surface area contributed by atoms with Crippen molar-refractivity contribution in [2.45, 2.75) is 6.92 Å². The number of halogens is 2. The molecule has 0 radical (unpaired) electrons. The number of hydrogen-bond donors (Lipinski definition) is 0. The summed E-state index contributed by atoms with van der Waals surface area (Å²) in [4.78, 5) is 7.88. The van der Waals surface area contributed by atoms with Crippen molar-refractivity contribution >= 4 is 23.2 Å². The molecule has 0 amide bonds. The minimum Gasteiger partial charge on any atom is -0.275 e. The van der Waals surface area contributed by atoms with E-state index in [1.54, 1.807) is 10.7 Å². The highest BCUT2D eigenvalue weighted by Gasteiger charge is 2.09. The second-order valence-electron chi connectivity index (χ2n) is 3.15. The van der Waals surface area contributed by atoms with E-state index in [0.717, 1.165) is 11.3 Å². The van der Waals surface area contributed by atoms with E-state index in [2.05, 4.69) is 15.1 Å². The van der Waals surface area contributed by atoms with Crippen LogP contribution < -0.4 is 0 Å². The van der Waals surface area contributed by atoms with Gasteiger partial charge in [0.05, 0.1) is 11.4 Å². The molecule has 15 heavy (non-hydrogen) atoms. The summed E-state index contributed by atoms with van der Waals surface area (Å²) in [7, 11) is 1.85. The van der Waals surface area contributed by atoms with Gasteiger partial charge in [0.25, 0.3) is 0 Å². The Morgan fingerprint density at radius 3 is 2.53 bits per heavy atom. The highest BCUT2D eigenvalue weighted by atomic mass is 35.5. The Morgan fingerprint density at radius 2 is 2.00 bits per heavy atom. The summed E-state index contributed by atoms with van der Waals surface area (Å²) >= 11 is 11.5. The maximum atomic E-state index is 5.80. The molecule has 0 fully saturated rings. The minimum atomic E-state index is 0.140. The van der Waals surface area contributed by atoms with Crippen LogP contribution in [0.3, 0.4) is 0 Å². The van der Waals surface area contributed by atoms with E-state index in [-0.39, 0.29) is 5.28 Å². The maximum Gasteiger partial charge on any atom is 0.224 e. The Balaban J connectivity index is 2.58. The fourth-order valence-electron chi connectivity index (χ4n) is 1.38. The minimum absolute atomic E-state index is 0.140. The molecule has 0 saturated heterocycles. The lowest BCUT2D eigenvalue weighted by Gasteiger charge is -1.99. The largest absolute Gasteiger partial charge is 0.275 e. The molecular weight excluding hydrogens is 235 g/mol. The topological polar surface area (TPSA) is 43.6 Å². The van der Waals surface area contributed by atoms with Crippen LogP contribution in [-0.2, 0) is 7.05 Å². The van der Waals surface area contributed by atoms with Crippen LogP contribution in [0.1, 0.15) is 5.69 Å². The summed E-state index contributed by atoms with van der Waals surface area (Å²) in [5.41, 5.74) is 2.47. The molecule has 6 heteroatoms. The zero-order valence-electron chi connectivity index (χ0n) is 8.20. The summed E-state index contributed by atoms with van der Waals surface area (Å²) in [5, 5.41) is 4.68. The van der Waals surface area contributed by atoms with Gasteiger partial charge in [0.2, 0.25) is 5.28 Å². The normalized spacial score (nSPS) is 10.7. The predicted molar refractivity (Wildman–Crippen MR) is 59.0 cm³/mol. The van der Waals surface area contributed by atoms with E-state index in [0.29, 0.717) is 10.8 Å². The van der Waals surface area contributed by atoms with Crippen LogP contribution >= 0.6 is 23.2 Å². The van der Waals surface area contributed by atoms with Crippen molar-refractivity contribution < 1.29 is 0 Å². The molecule has 0 aliphatic carbocycles. The highest BCUT2D eigenvalue weighted by Crippen LogP contribution is 2.23. The average Bonchev–Trinajstić information content (AvgIpc) is 2.43. The summed E-state index contributed by atoms with van der Waals surface area (Å²) in [6.45, 7) is 1.90. The summed E-state index contributed by atoms with van der Waals surface area (Å²) in [6.07, 6.45) is 1.87. The van der Waals surface area contributed by atoms with Crippen molar-refractivity contribution in [2.24, 2.45) is 7.05 Å². The van der Waals surface area contributed by atoms with Gasteiger partial charge in [0, 0.05) is 24.9 Å². The van der Waals surface area contributed by atoms with Crippen molar-refractivity contribution in [2.75, 3.05) is 0 Å². The standard InChI is InChI=1S/C9H8Cl2N4/c1-5-6(4-15(2)14-5)7-3-8(10)13-9(11)12-7/h3-4H,1-2H3. The lowest BCUT2D eigenvalue weighted by atomic mass is 10.2. The highest BCUT2D eigenvalue weighted by molar-refractivity contribution is 6.32. The first-order valence-electron chi connectivity index (χ1n) is 4.27. The van der Waals surface area contributed by atoms with Gasteiger partial charge in [0.1, 0.15) is 5.15 Å². The lowest BCUT2D eigenvalue weighted by Crippen LogP contribution is -1.88. The zero-order chi connectivity index (χ0) is 11.0. The van der Waals surface area contributed by atoms with Crippen LogP contribution in [0.4, 0.5) is 0 Å². The van der Waals surface area contributed by atoms with Crippen LogP contribution in [0.5, 0.6) is 0 Å². The van der Waals surface area contributed by atoms with Crippen molar-refractivity contribution in [3.8, 4) is 11.3 Å². The Bertz CT molecular complexity index is 487. The van der Waals surface area contributed by atoms with E-state index in [1.165, 1.54) is 0 Å². The van der Waals surface area contributed by atoms with Crippen LogP contribution in [0.15, 0.2) is 12.3 Å². The van der Waals surface area contributed by atoms with E-state index in [9.17, 15) is 0 Å². The number of rotatable bonds is 1. The lowest BCUT2D eigenvalue weighted by molar-refractivity contribution is 0.756. The zero-order valence-corrected chi connectivity index (χ0v) is 9.71. The second-order valence-corrected chi connectivity index (χ2v) is 3.87. The van der Waals surface area contributed by atoms with Gasteiger partial charge in [-0.2, -0.15) is 5.10 Å². The molecule has 2 heterocycles. The first-order valence-corrected chi connectivity index (χ1v) is 5.02. The van der Waals surface area contributed by atoms with Crippen LogP contribution in [0, 0.1) is 6.92 Å². The van der Waals surface area contributed by atoms with Gasteiger partial charge in [-0.25, -0.2) is 9.97 Å². The Hall–Kier alpha value is -1.13. The second kappa shape index (κ2) is 3.79. The molecular formula is C9H8Cl2N4. The summed E-state index contributed by atoms with van der Waals surface area (Å²) in [5.74, 6) is 0. The third-order valence-corrected chi connectivity index (χ3v) is 2.32. The van der Waals surface area contributed by atoms with Crippen LogP contribution in [0.2, 0.25) is 10.4 Å². The van der Waals surface area contributed by atoms with Gasteiger partial charge >= 0.3 is 0 Å². The third-order valence-electron chi connectivity index (χ3n) is 1.96. The quantitative estimate of drug-likeness (QED) is 0.570. The molecule has 2 rings (SSSR count). The van der Waals surface area contributed by atoms with E-state index < -0.39 is 0 Å². The smallest absolute Gasteiger partial charge is 0.224 e. The molecule has 2 aromatic rings. The molecule has 4 nitrogen and oxygen atoms in total. The van der Waals surface area contributed by atoms with Gasteiger partial charge in [-0.3, -0.25) is 4.68 Å². The molecule has 0 bridgehead atoms. The van der Waals surface area contributed by atoms with Gasteiger partial charge in [-0.15, -0.1) is 0 Å². The third kappa shape index (κ3) is 2.11. The number of hydrogen-bond acceptors (Lipinski definition) is 3. The predicted octanol–water partition coefficient (Wildman–Crippen LogP) is 2.49. The van der Waals surface area contributed by atoms with Gasteiger partial charge < -0.3 is 0 Å². The first-order chi connectivity index (χ1) is 7.06. The molecule has 0 unspecified atom stereocenters. The van der Waals surface area contributed by atoms with Crippen LogP contribution in [-0.4, -0.2) is 19.7 Å². The van der Waals surface area contributed by atoms with Crippen LogP contribution in [0.25, 0.3) is 11.3 Å². The fourth-order valence-corrected chi connectivity index (χ4v) is 1.79. The van der Waals surface area contributed by atoms with Crippen molar-refractivity contribution in [3.05, 3.63) is 28.4 Å². The Kier molecular flexibility index (Phi) is 2.63. The summed E-state index contributed by atoms with van der Waals surface area (Å²) < 4.78 is 1.72. The SMILES string of the molecule is Cc1nn(C)cc1-c1cc(Cl)nc(Cl)n1. The number of nitrogens with zero attached hydrogens (tertiary/aromatic N) is 4. The molecule has 0 atom stereocenters. The molecule has 0 spiro atoms. The molecule has 0 saturated carbocycles. The van der Waals surface area contributed by atoms with Gasteiger partial charge in [0.15, 0.2) is 0 Å². The number of aryl methyl sites for hydroxylation is 2. The average molecular weight is 243 g/mol. The van der Waals surface area contributed by atoms with E-state index in [4.69, 9.17) is 23.2 Å².